The van der Waals surface area contributed by atoms with Crippen LogP contribution in [0.1, 0.15) is 81.1 Å². The Labute approximate surface area is 123 Å². The van der Waals surface area contributed by atoms with Crippen LogP contribution in [0.4, 0.5) is 0 Å². The molecule has 1 saturated carbocycles. The normalized spacial score (nSPS) is 20.5. The van der Waals surface area contributed by atoms with E-state index < -0.39 is 0 Å². The van der Waals surface area contributed by atoms with Gasteiger partial charge in [0.25, 0.3) is 0 Å². The van der Waals surface area contributed by atoms with Crippen molar-refractivity contribution in [1.82, 2.24) is 5.32 Å². The Morgan fingerprint density at radius 3 is 1.32 bits per heavy atom. The van der Waals surface area contributed by atoms with Crippen LogP contribution in [0.25, 0.3) is 0 Å². The predicted molar refractivity (Wildman–Crippen MR) is 90.7 cm³/mol. The first-order valence-corrected chi connectivity index (χ1v) is 7.82. The predicted octanol–water partition coefficient (Wildman–Crippen LogP) is 5.75. The van der Waals surface area contributed by atoms with Crippen molar-refractivity contribution in [2.75, 3.05) is 13.1 Å². The second-order valence-electron chi connectivity index (χ2n) is 6.62. The molecule has 1 saturated heterocycles. The summed E-state index contributed by atoms with van der Waals surface area (Å²) >= 11 is 0. The molecule has 0 spiro atoms. The highest BCUT2D eigenvalue weighted by molar-refractivity contribution is 4.70. The summed E-state index contributed by atoms with van der Waals surface area (Å²) in [6.07, 6.45) is 8.75. The molecule has 1 N–H and O–H groups in total. The molecular weight excluding hydrogens is 230 g/mol. The van der Waals surface area contributed by atoms with Crippen molar-refractivity contribution >= 4 is 0 Å². The van der Waals surface area contributed by atoms with Crippen LogP contribution in [0.15, 0.2) is 0 Å². The van der Waals surface area contributed by atoms with Gasteiger partial charge in [-0.25, -0.2) is 0 Å². The number of nitrogens with one attached hydrogen (secondary N) is 1. The Bertz CT molecular complexity index is 174. The zero-order valence-electron chi connectivity index (χ0n) is 12.5. The Kier molecular flexibility index (Phi) is 13.2. The van der Waals surface area contributed by atoms with Gasteiger partial charge in [-0.2, -0.15) is 0 Å². The van der Waals surface area contributed by atoms with Crippen molar-refractivity contribution in [3.63, 3.8) is 0 Å². The lowest BCUT2D eigenvalue weighted by atomic mass is 9.87. The third kappa shape index (κ3) is 8.68. The number of rotatable bonds is 2. The molecule has 19 heavy (non-hydrogen) atoms. The van der Waals surface area contributed by atoms with E-state index in [0.717, 1.165) is 23.7 Å². The summed E-state index contributed by atoms with van der Waals surface area (Å²) in [5, 5.41) is 3.37. The first-order chi connectivity index (χ1) is 8.11. The number of hydrogen-bond donors (Lipinski definition) is 1. The molecule has 2 rings (SSSR count). The average molecular weight is 272 g/mol. The molecule has 118 valence electrons. The van der Waals surface area contributed by atoms with Gasteiger partial charge in [0.2, 0.25) is 0 Å². The van der Waals surface area contributed by atoms with E-state index in [1.165, 1.54) is 51.6 Å². The zero-order valence-corrected chi connectivity index (χ0v) is 12.5. The van der Waals surface area contributed by atoms with Crippen molar-refractivity contribution in [2.45, 2.75) is 81.1 Å². The highest BCUT2D eigenvalue weighted by Crippen LogP contribution is 2.30. The molecule has 0 aromatic rings. The van der Waals surface area contributed by atoms with Gasteiger partial charge in [0.05, 0.1) is 0 Å². The SMILES string of the molecule is C.C.CC(C)C1CCCC1.CC(C)C1CCNCC1. The second kappa shape index (κ2) is 11.8. The van der Waals surface area contributed by atoms with Gasteiger partial charge < -0.3 is 5.32 Å². The van der Waals surface area contributed by atoms with E-state index in [1.54, 1.807) is 0 Å². The van der Waals surface area contributed by atoms with Crippen LogP contribution in [-0.4, -0.2) is 13.1 Å². The van der Waals surface area contributed by atoms with E-state index in [1.807, 2.05) is 0 Å². The highest BCUT2D eigenvalue weighted by atomic mass is 14.9. The fourth-order valence-corrected chi connectivity index (χ4v) is 3.13. The summed E-state index contributed by atoms with van der Waals surface area (Å²) in [5.41, 5.74) is 0. The second-order valence-corrected chi connectivity index (χ2v) is 6.62. The van der Waals surface area contributed by atoms with Gasteiger partial charge in [0.15, 0.2) is 0 Å². The lowest BCUT2D eigenvalue weighted by molar-refractivity contribution is 0.292. The van der Waals surface area contributed by atoms with Crippen molar-refractivity contribution in [3.05, 3.63) is 0 Å². The van der Waals surface area contributed by atoms with E-state index in [4.69, 9.17) is 0 Å². The minimum atomic E-state index is 0. The molecule has 1 nitrogen and oxygen atoms in total. The molecule has 1 heterocycles. The van der Waals surface area contributed by atoms with Gasteiger partial charge in [0.1, 0.15) is 0 Å². The summed E-state index contributed by atoms with van der Waals surface area (Å²) < 4.78 is 0. The van der Waals surface area contributed by atoms with Gasteiger partial charge in [0, 0.05) is 0 Å². The van der Waals surface area contributed by atoms with Crippen LogP contribution in [0.2, 0.25) is 0 Å². The summed E-state index contributed by atoms with van der Waals surface area (Å²) in [4.78, 5) is 0. The van der Waals surface area contributed by atoms with Crippen molar-refractivity contribution < 1.29 is 0 Å². The Morgan fingerprint density at radius 1 is 0.684 bits per heavy atom. The molecule has 0 aromatic carbocycles. The van der Waals surface area contributed by atoms with E-state index in [9.17, 15) is 0 Å². The smallest absolute Gasteiger partial charge is 0.00462 e. The van der Waals surface area contributed by atoms with Crippen LogP contribution in [0.3, 0.4) is 0 Å². The first kappa shape index (κ1) is 21.3. The van der Waals surface area contributed by atoms with Crippen LogP contribution in [-0.2, 0) is 0 Å². The number of piperidine rings is 1. The lowest BCUT2D eigenvalue weighted by Gasteiger charge is -2.25. The quantitative estimate of drug-likeness (QED) is 0.674. The van der Waals surface area contributed by atoms with Gasteiger partial charge in [-0.15, -0.1) is 0 Å². The maximum atomic E-state index is 3.37. The van der Waals surface area contributed by atoms with Crippen molar-refractivity contribution in [3.8, 4) is 0 Å². The molecule has 1 heteroatoms. The van der Waals surface area contributed by atoms with Gasteiger partial charge >= 0.3 is 0 Å². The maximum absolute atomic E-state index is 3.37. The van der Waals surface area contributed by atoms with E-state index in [-0.39, 0.29) is 14.9 Å². The minimum absolute atomic E-state index is 0. The van der Waals surface area contributed by atoms with Crippen LogP contribution in [0, 0.1) is 23.7 Å². The largest absolute Gasteiger partial charge is 0.317 e. The Morgan fingerprint density at radius 2 is 1.05 bits per heavy atom. The molecule has 1 aliphatic heterocycles. The molecule has 0 bridgehead atoms. The number of hydrogen-bond acceptors (Lipinski definition) is 1. The highest BCUT2D eigenvalue weighted by Gasteiger charge is 2.17. The van der Waals surface area contributed by atoms with Crippen molar-refractivity contribution in [2.24, 2.45) is 23.7 Å². The maximum Gasteiger partial charge on any atom is -0.00462 e. The third-order valence-corrected chi connectivity index (χ3v) is 4.67. The molecule has 2 aliphatic rings. The van der Waals surface area contributed by atoms with Crippen LogP contribution < -0.4 is 5.32 Å². The molecule has 0 atom stereocenters. The van der Waals surface area contributed by atoms with Gasteiger partial charge in [-0.05, 0) is 49.6 Å². The fraction of sp³-hybridized carbons (Fsp3) is 1.00. The van der Waals surface area contributed by atoms with Crippen LogP contribution in [0.5, 0.6) is 0 Å². The average Bonchev–Trinajstić information content (AvgIpc) is 2.84. The zero-order chi connectivity index (χ0) is 12.7. The third-order valence-electron chi connectivity index (χ3n) is 4.67. The lowest BCUT2D eigenvalue weighted by Crippen LogP contribution is -2.29. The fourth-order valence-electron chi connectivity index (χ4n) is 3.13. The summed E-state index contributed by atoms with van der Waals surface area (Å²) in [5.74, 6) is 3.89. The standard InChI is InChI=1S/C8H17N.C8H16.2CH4/c1-7(2)8-3-5-9-6-4-8;1-7(2)8-5-3-4-6-8;;/h7-9H,3-6H2,1-2H3;7-8H,3-6H2,1-2H3;2*1H4. The topological polar surface area (TPSA) is 12.0 Å². The monoisotopic (exact) mass is 271 g/mol. The first-order valence-electron chi connectivity index (χ1n) is 7.82. The summed E-state index contributed by atoms with van der Waals surface area (Å²) in [6, 6.07) is 0. The molecule has 2 fully saturated rings. The van der Waals surface area contributed by atoms with Gasteiger partial charge in [-0.3, -0.25) is 0 Å². The van der Waals surface area contributed by atoms with E-state index in [2.05, 4.69) is 33.0 Å². The molecule has 1 aliphatic carbocycles. The molecule has 0 unspecified atom stereocenters. The van der Waals surface area contributed by atoms with Crippen molar-refractivity contribution in [1.29, 1.82) is 0 Å². The summed E-state index contributed by atoms with van der Waals surface area (Å²) in [6.45, 7) is 11.8. The van der Waals surface area contributed by atoms with E-state index >= 15 is 0 Å². The Balaban J connectivity index is 0. The molecule has 0 radical (unpaired) electrons. The minimum Gasteiger partial charge on any atom is -0.317 e. The van der Waals surface area contributed by atoms with Crippen LogP contribution >= 0.6 is 0 Å². The Hall–Kier alpha value is -0.0400. The molecular formula is C18H41N. The van der Waals surface area contributed by atoms with E-state index in [0.29, 0.717) is 0 Å². The molecule has 0 amide bonds. The molecule has 0 aromatic heterocycles. The van der Waals surface area contributed by atoms with Gasteiger partial charge in [-0.1, -0.05) is 68.2 Å². The summed E-state index contributed by atoms with van der Waals surface area (Å²) in [7, 11) is 0.